The molecule has 2 aromatic carbocycles. The van der Waals surface area contributed by atoms with Crippen molar-refractivity contribution in [3.63, 3.8) is 0 Å². The van der Waals surface area contributed by atoms with E-state index in [-0.39, 0.29) is 11.8 Å². The average molecular weight is 307 g/mol. The van der Waals surface area contributed by atoms with Crippen molar-refractivity contribution in [1.29, 1.82) is 0 Å². The van der Waals surface area contributed by atoms with Crippen LogP contribution in [0.2, 0.25) is 0 Å². The van der Waals surface area contributed by atoms with Crippen LogP contribution in [0, 0.1) is 0 Å². The van der Waals surface area contributed by atoms with Crippen LogP contribution < -0.4 is 5.73 Å². The summed E-state index contributed by atoms with van der Waals surface area (Å²) in [6, 6.07) is 20.3. The molecule has 0 saturated carbocycles. The molecule has 0 fully saturated rings. The van der Waals surface area contributed by atoms with Gasteiger partial charge in [0.15, 0.2) is 0 Å². The van der Waals surface area contributed by atoms with Gasteiger partial charge in [0.2, 0.25) is 0 Å². The molecular weight excluding hydrogens is 290 g/mol. The topological polar surface area (TPSA) is 43.1 Å². The Morgan fingerprint density at radius 2 is 1.59 bits per heavy atom. The van der Waals surface area contributed by atoms with Gasteiger partial charge >= 0.3 is 0 Å². The Hall–Kier alpha value is -2.39. The minimum absolute atomic E-state index is 0.209. The molecular formula is C19H17NOS. The SMILES string of the molecule is CC(c1ccccc1)c1csc(C(N)=O)c1-c1ccccc1. The van der Waals surface area contributed by atoms with E-state index >= 15 is 0 Å². The molecule has 0 saturated heterocycles. The molecule has 3 aromatic rings. The summed E-state index contributed by atoms with van der Waals surface area (Å²) in [6.07, 6.45) is 0. The first-order chi connectivity index (χ1) is 10.7. The number of thiophene rings is 1. The van der Waals surface area contributed by atoms with Crippen LogP contribution in [-0.4, -0.2) is 5.91 Å². The molecule has 1 amide bonds. The fraction of sp³-hybridized carbons (Fsp3) is 0.105. The smallest absolute Gasteiger partial charge is 0.259 e. The first kappa shape index (κ1) is 14.5. The van der Waals surface area contributed by atoms with Gasteiger partial charge in [-0.05, 0) is 22.1 Å². The van der Waals surface area contributed by atoms with Gasteiger partial charge in [-0.3, -0.25) is 4.79 Å². The summed E-state index contributed by atoms with van der Waals surface area (Å²) in [5, 5.41) is 2.06. The van der Waals surface area contributed by atoms with Gasteiger partial charge in [0.05, 0.1) is 4.88 Å². The van der Waals surface area contributed by atoms with E-state index in [1.807, 2.05) is 48.5 Å². The lowest BCUT2D eigenvalue weighted by Crippen LogP contribution is -2.10. The molecule has 0 aliphatic heterocycles. The van der Waals surface area contributed by atoms with Crippen molar-refractivity contribution in [3.05, 3.63) is 82.0 Å². The number of rotatable bonds is 4. The van der Waals surface area contributed by atoms with E-state index in [1.165, 1.54) is 16.9 Å². The highest BCUT2D eigenvalue weighted by molar-refractivity contribution is 7.12. The highest BCUT2D eigenvalue weighted by Crippen LogP contribution is 2.39. The van der Waals surface area contributed by atoms with Crippen LogP contribution in [0.25, 0.3) is 11.1 Å². The maximum absolute atomic E-state index is 11.8. The van der Waals surface area contributed by atoms with Crippen LogP contribution in [0.15, 0.2) is 66.0 Å². The molecule has 1 aromatic heterocycles. The Morgan fingerprint density at radius 3 is 2.18 bits per heavy atom. The van der Waals surface area contributed by atoms with Crippen LogP contribution in [0.4, 0.5) is 0 Å². The Balaban J connectivity index is 2.15. The summed E-state index contributed by atoms with van der Waals surface area (Å²) in [5.74, 6) is -0.156. The number of hydrogen-bond donors (Lipinski definition) is 1. The highest BCUT2D eigenvalue weighted by atomic mass is 32.1. The maximum Gasteiger partial charge on any atom is 0.259 e. The number of nitrogens with two attached hydrogens (primary N) is 1. The summed E-state index contributed by atoms with van der Waals surface area (Å²) in [7, 11) is 0. The second-order valence-corrected chi connectivity index (χ2v) is 6.14. The molecule has 1 unspecified atom stereocenters. The largest absolute Gasteiger partial charge is 0.365 e. The molecule has 0 aliphatic rings. The lowest BCUT2D eigenvalue weighted by molar-refractivity contribution is 0.100. The van der Waals surface area contributed by atoms with E-state index in [0.29, 0.717) is 4.88 Å². The number of amides is 1. The quantitative estimate of drug-likeness (QED) is 0.748. The lowest BCUT2D eigenvalue weighted by atomic mass is 9.89. The normalized spacial score (nSPS) is 12.0. The second-order valence-electron chi connectivity index (χ2n) is 5.26. The molecule has 1 heterocycles. The van der Waals surface area contributed by atoms with Crippen molar-refractivity contribution in [2.45, 2.75) is 12.8 Å². The van der Waals surface area contributed by atoms with Gasteiger partial charge in [-0.1, -0.05) is 67.6 Å². The van der Waals surface area contributed by atoms with Crippen molar-refractivity contribution in [1.82, 2.24) is 0 Å². The first-order valence-electron chi connectivity index (χ1n) is 7.20. The molecule has 0 aliphatic carbocycles. The zero-order chi connectivity index (χ0) is 15.5. The predicted molar refractivity (Wildman–Crippen MR) is 92.2 cm³/mol. The van der Waals surface area contributed by atoms with Crippen LogP contribution in [0.3, 0.4) is 0 Å². The zero-order valence-electron chi connectivity index (χ0n) is 12.3. The average Bonchev–Trinajstić information content (AvgIpc) is 3.01. The molecule has 3 heteroatoms. The highest BCUT2D eigenvalue weighted by Gasteiger charge is 2.21. The number of primary amides is 1. The summed E-state index contributed by atoms with van der Waals surface area (Å²) in [5.41, 5.74) is 9.96. The Morgan fingerprint density at radius 1 is 1.00 bits per heavy atom. The van der Waals surface area contributed by atoms with Gasteiger partial charge < -0.3 is 5.73 Å². The van der Waals surface area contributed by atoms with Crippen LogP contribution >= 0.6 is 11.3 Å². The molecule has 22 heavy (non-hydrogen) atoms. The van der Waals surface area contributed by atoms with E-state index < -0.39 is 0 Å². The molecule has 3 rings (SSSR count). The second kappa shape index (κ2) is 6.16. The Bertz CT molecular complexity index is 778. The molecule has 0 bridgehead atoms. The molecule has 2 N–H and O–H groups in total. The third-order valence-electron chi connectivity index (χ3n) is 3.87. The molecule has 0 spiro atoms. The van der Waals surface area contributed by atoms with E-state index in [1.54, 1.807) is 0 Å². The standard InChI is InChI=1S/C19H17NOS/c1-13(14-8-4-2-5-9-14)16-12-22-18(19(20)21)17(16)15-10-6-3-7-11-15/h2-13H,1H3,(H2,20,21). The van der Waals surface area contributed by atoms with Crippen LogP contribution in [0.1, 0.15) is 33.6 Å². The zero-order valence-corrected chi connectivity index (χ0v) is 13.1. The van der Waals surface area contributed by atoms with E-state index in [0.717, 1.165) is 16.7 Å². The summed E-state index contributed by atoms with van der Waals surface area (Å²) >= 11 is 1.43. The van der Waals surface area contributed by atoms with Crippen molar-refractivity contribution in [2.75, 3.05) is 0 Å². The van der Waals surface area contributed by atoms with Crippen LogP contribution in [-0.2, 0) is 0 Å². The number of hydrogen-bond acceptors (Lipinski definition) is 2. The predicted octanol–water partition coefficient (Wildman–Crippen LogP) is 4.67. The summed E-state index contributed by atoms with van der Waals surface area (Å²) in [6.45, 7) is 2.16. The minimum Gasteiger partial charge on any atom is -0.365 e. The van der Waals surface area contributed by atoms with Gasteiger partial charge in [-0.2, -0.15) is 0 Å². The van der Waals surface area contributed by atoms with Gasteiger partial charge in [-0.15, -0.1) is 11.3 Å². The van der Waals surface area contributed by atoms with Gasteiger partial charge in [0, 0.05) is 11.5 Å². The molecule has 0 radical (unpaired) electrons. The van der Waals surface area contributed by atoms with Crippen LogP contribution in [0.5, 0.6) is 0 Å². The van der Waals surface area contributed by atoms with Crippen molar-refractivity contribution in [2.24, 2.45) is 5.73 Å². The first-order valence-corrected chi connectivity index (χ1v) is 8.08. The Labute approximate surface area is 134 Å². The number of carbonyl (C=O) groups excluding carboxylic acids is 1. The number of carbonyl (C=O) groups is 1. The lowest BCUT2D eigenvalue weighted by Gasteiger charge is -2.14. The maximum atomic E-state index is 11.8. The van der Waals surface area contributed by atoms with Crippen molar-refractivity contribution >= 4 is 17.2 Å². The third kappa shape index (κ3) is 2.68. The molecule has 2 nitrogen and oxygen atoms in total. The fourth-order valence-electron chi connectivity index (χ4n) is 2.70. The van der Waals surface area contributed by atoms with Gasteiger partial charge in [-0.25, -0.2) is 0 Å². The molecule has 1 atom stereocenters. The van der Waals surface area contributed by atoms with E-state index in [4.69, 9.17) is 5.73 Å². The van der Waals surface area contributed by atoms with Crippen molar-refractivity contribution in [3.8, 4) is 11.1 Å². The van der Waals surface area contributed by atoms with Crippen molar-refractivity contribution < 1.29 is 4.79 Å². The summed E-state index contributed by atoms with van der Waals surface area (Å²) in [4.78, 5) is 12.4. The molecule has 110 valence electrons. The van der Waals surface area contributed by atoms with E-state index in [2.05, 4.69) is 24.4 Å². The Kier molecular flexibility index (Phi) is 4.07. The monoisotopic (exact) mass is 307 g/mol. The van der Waals surface area contributed by atoms with Gasteiger partial charge in [0.25, 0.3) is 5.91 Å². The van der Waals surface area contributed by atoms with E-state index in [9.17, 15) is 4.79 Å². The van der Waals surface area contributed by atoms with Gasteiger partial charge in [0.1, 0.15) is 0 Å². The summed E-state index contributed by atoms with van der Waals surface area (Å²) < 4.78 is 0. The third-order valence-corrected chi connectivity index (χ3v) is 4.88. The number of benzene rings is 2. The minimum atomic E-state index is -0.365. The fourth-order valence-corrected chi connectivity index (χ4v) is 3.73.